The van der Waals surface area contributed by atoms with Crippen molar-refractivity contribution in [2.75, 3.05) is 23.3 Å². The number of nitrogens with zero attached hydrogens (tertiary/aromatic N) is 4. The molecular formula is C18H25N5. The molecular weight excluding hydrogens is 286 g/mol. The van der Waals surface area contributed by atoms with Gasteiger partial charge < -0.3 is 10.2 Å². The molecule has 5 nitrogen and oxygen atoms in total. The Labute approximate surface area is 138 Å². The van der Waals surface area contributed by atoms with E-state index in [4.69, 9.17) is 0 Å². The summed E-state index contributed by atoms with van der Waals surface area (Å²) in [4.78, 5) is 6.92. The molecule has 122 valence electrons. The monoisotopic (exact) mass is 311 g/mol. The molecule has 0 atom stereocenters. The van der Waals surface area contributed by atoms with Crippen molar-refractivity contribution < 1.29 is 0 Å². The predicted octanol–water partition coefficient (Wildman–Crippen LogP) is 4.12. The standard InChI is InChI=1S/C18H25N5/c1-14(2)15-9-5-6-10-16(15)20-17-13-19-22-18(21-17)23-11-7-3-4-8-12-23/h5-6,9-10,13-14H,3-4,7-8,11-12H2,1-2H3,(H,20,21,22). The van der Waals surface area contributed by atoms with Crippen molar-refractivity contribution in [3.63, 3.8) is 0 Å². The summed E-state index contributed by atoms with van der Waals surface area (Å²) in [6.07, 6.45) is 6.69. The second-order valence-corrected chi connectivity index (χ2v) is 6.41. The fourth-order valence-corrected chi connectivity index (χ4v) is 3.01. The van der Waals surface area contributed by atoms with E-state index in [0.717, 1.165) is 30.5 Å². The minimum atomic E-state index is 0.457. The average molecular weight is 311 g/mol. The van der Waals surface area contributed by atoms with Crippen molar-refractivity contribution in [1.29, 1.82) is 0 Å². The van der Waals surface area contributed by atoms with Crippen molar-refractivity contribution in [2.45, 2.75) is 45.4 Å². The van der Waals surface area contributed by atoms with Crippen LogP contribution in [0.2, 0.25) is 0 Å². The van der Waals surface area contributed by atoms with Gasteiger partial charge in [0.1, 0.15) is 0 Å². The zero-order valence-corrected chi connectivity index (χ0v) is 14.0. The molecule has 1 aromatic heterocycles. The van der Waals surface area contributed by atoms with Crippen molar-refractivity contribution in [3.05, 3.63) is 36.0 Å². The van der Waals surface area contributed by atoms with Gasteiger partial charge in [-0.2, -0.15) is 10.1 Å². The molecule has 1 N–H and O–H groups in total. The molecule has 3 rings (SSSR count). The van der Waals surface area contributed by atoms with Crippen LogP contribution in [0.15, 0.2) is 30.5 Å². The molecule has 2 aromatic rings. The summed E-state index contributed by atoms with van der Waals surface area (Å²) in [7, 11) is 0. The molecule has 1 aliphatic rings. The van der Waals surface area contributed by atoms with E-state index in [0.29, 0.717) is 5.92 Å². The molecule has 0 saturated carbocycles. The largest absolute Gasteiger partial charge is 0.339 e. The Morgan fingerprint density at radius 2 is 1.78 bits per heavy atom. The van der Waals surface area contributed by atoms with E-state index in [1.807, 2.05) is 6.07 Å². The number of nitrogens with one attached hydrogen (secondary N) is 1. The highest BCUT2D eigenvalue weighted by Crippen LogP contribution is 2.26. The molecule has 0 bridgehead atoms. The van der Waals surface area contributed by atoms with Gasteiger partial charge in [0.25, 0.3) is 0 Å². The fraction of sp³-hybridized carbons (Fsp3) is 0.500. The SMILES string of the molecule is CC(C)c1ccccc1Nc1cnnc(N2CCCCCC2)n1. The minimum Gasteiger partial charge on any atom is -0.339 e. The van der Waals surface area contributed by atoms with Crippen molar-refractivity contribution in [3.8, 4) is 0 Å². The summed E-state index contributed by atoms with van der Waals surface area (Å²) >= 11 is 0. The van der Waals surface area contributed by atoms with Gasteiger partial charge in [0.05, 0.1) is 6.20 Å². The summed E-state index contributed by atoms with van der Waals surface area (Å²) in [5.41, 5.74) is 2.37. The minimum absolute atomic E-state index is 0.457. The van der Waals surface area contributed by atoms with E-state index in [1.54, 1.807) is 6.20 Å². The summed E-state index contributed by atoms with van der Waals surface area (Å²) in [6.45, 7) is 6.43. The van der Waals surface area contributed by atoms with E-state index in [1.165, 1.54) is 31.2 Å². The Kier molecular flexibility index (Phi) is 5.05. The lowest BCUT2D eigenvalue weighted by molar-refractivity contribution is 0.726. The molecule has 0 spiro atoms. The van der Waals surface area contributed by atoms with Gasteiger partial charge in [-0.05, 0) is 30.4 Å². The fourth-order valence-electron chi connectivity index (χ4n) is 3.01. The maximum Gasteiger partial charge on any atom is 0.247 e. The molecule has 1 saturated heterocycles. The molecule has 0 amide bonds. The van der Waals surface area contributed by atoms with Crippen LogP contribution in [0.3, 0.4) is 0 Å². The first-order chi connectivity index (χ1) is 11.2. The van der Waals surface area contributed by atoms with Crippen LogP contribution in [0.25, 0.3) is 0 Å². The normalized spacial score (nSPS) is 15.5. The Balaban J connectivity index is 1.80. The van der Waals surface area contributed by atoms with E-state index in [2.05, 4.69) is 57.4 Å². The van der Waals surface area contributed by atoms with Crippen LogP contribution in [0.5, 0.6) is 0 Å². The molecule has 1 aromatic carbocycles. The first-order valence-electron chi connectivity index (χ1n) is 8.54. The summed E-state index contributed by atoms with van der Waals surface area (Å²) < 4.78 is 0. The summed E-state index contributed by atoms with van der Waals surface area (Å²) in [5, 5.41) is 11.8. The van der Waals surface area contributed by atoms with Crippen LogP contribution in [0, 0.1) is 0 Å². The third-order valence-corrected chi connectivity index (χ3v) is 4.28. The van der Waals surface area contributed by atoms with Crippen LogP contribution in [-0.2, 0) is 0 Å². The predicted molar refractivity (Wildman–Crippen MR) is 94.3 cm³/mol. The molecule has 1 aliphatic heterocycles. The van der Waals surface area contributed by atoms with Gasteiger partial charge in [0.2, 0.25) is 5.95 Å². The number of rotatable bonds is 4. The second kappa shape index (κ2) is 7.40. The lowest BCUT2D eigenvalue weighted by Crippen LogP contribution is -2.26. The second-order valence-electron chi connectivity index (χ2n) is 6.41. The van der Waals surface area contributed by atoms with Crippen LogP contribution in [-0.4, -0.2) is 28.3 Å². The molecule has 2 heterocycles. The highest BCUT2D eigenvalue weighted by atomic mass is 15.3. The van der Waals surface area contributed by atoms with Crippen LogP contribution in [0.4, 0.5) is 17.5 Å². The Morgan fingerprint density at radius 1 is 1.04 bits per heavy atom. The van der Waals surface area contributed by atoms with Crippen LogP contribution in [0.1, 0.15) is 51.0 Å². The maximum absolute atomic E-state index is 4.68. The molecule has 1 fully saturated rings. The quantitative estimate of drug-likeness (QED) is 0.920. The van der Waals surface area contributed by atoms with Crippen LogP contribution >= 0.6 is 0 Å². The van der Waals surface area contributed by atoms with Crippen molar-refractivity contribution in [1.82, 2.24) is 15.2 Å². The number of aromatic nitrogens is 3. The number of anilines is 3. The lowest BCUT2D eigenvalue weighted by atomic mass is 10.0. The first kappa shape index (κ1) is 15.7. The van der Waals surface area contributed by atoms with E-state index in [-0.39, 0.29) is 0 Å². The molecule has 0 aliphatic carbocycles. The zero-order valence-electron chi connectivity index (χ0n) is 14.0. The molecule has 5 heteroatoms. The van der Waals surface area contributed by atoms with Gasteiger partial charge in [-0.3, -0.25) is 0 Å². The molecule has 0 unspecified atom stereocenters. The number of para-hydroxylation sites is 1. The van der Waals surface area contributed by atoms with Gasteiger partial charge in [-0.1, -0.05) is 44.9 Å². The van der Waals surface area contributed by atoms with Gasteiger partial charge in [0, 0.05) is 18.8 Å². The van der Waals surface area contributed by atoms with E-state index in [9.17, 15) is 0 Å². The highest BCUT2D eigenvalue weighted by Gasteiger charge is 2.14. The number of hydrogen-bond donors (Lipinski definition) is 1. The number of hydrogen-bond acceptors (Lipinski definition) is 5. The number of benzene rings is 1. The van der Waals surface area contributed by atoms with Gasteiger partial charge in [0.15, 0.2) is 5.82 Å². The highest BCUT2D eigenvalue weighted by molar-refractivity contribution is 5.61. The van der Waals surface area contributed by atoms with Crippen molar-refractivity contribution >= 4 is 17.5 Å². The average Bonchev–Trinajstić information content (AvgIpc) is 2.85. The van der Waals surface area contributed by atoms with E-state index < -0.39 is 0 Å². The van der Waals surface area contributed by atoms with Gasteiger partial charge >= 0.3 is 0 Å². The topological polar surface area (TPSA) is 53.9 Å². The first-order valence-corrected chi connectivity index (χ1v) is 8.54. The third kappa shape index (κ3) is 3.97. The van der Waals surface area contributed by atoms with Crippen molar-refractivity contribution in [2.24, 2.45) is 0 Å². The molecule has 23 heavy (non-hydrogen) atoms. The molecule has 0 radical (unpaired) electrons. The van der Waals surface area contributed by atoms with E-state index >= 15 is 0 Å². The zero-order chi connectivity index (χ0) is 16.1. The third-order valence-electron chi connectivity index (χ3n) is 4.28. The summed E-state index contributed by atoms with van der Waals surface area (Å²) in [6, 6.07) is 8.35. The lowest BCUT2D eigenvalue weighted by Gasteiger charge is -2.20. The Morgan fingerprint density at radius 3 is 2.52 bits per heavy atom. The Bertz CT molecular complexity index is 633. The Hall–Kier alpha value is -2.17. The smallest absolute Gasteiger partial charge is 0.247 e. The summed E-state index contributed by atoms with van der Waals surface area (Å²) in [5.74, 6) is 1.95. The van der Waals surface area contributed by atoms with Crippen LogP contribution < -0.4 is 10.2 Å². The maximum atomic E-state index is 4.68. The van der Waals surface area contributed by atoms with Gasteiger partial charge in [-0.15, -0.1) is 5.10 Å². The van der Waals surface area contributed by atoms with Gasteiger partial charge in [-0.25, -0.2) is 0 Å².